The highest BCUT2D eigenvalue weighted by molar-refractivity contribution is 5.91. The number of carbonyl (C=O) groups is 1. The molecule has 2 aromatic rings. The van der Waals surface area contributed by atoms with Crippen molar-refractivity contribution in [2.45, 2.75) is 19.6 Å². The summed E-state index contributed by atoms with van der Waals surface area (Å²) in [7, 11) is 0. The zero-order valence-corrected chi connectivity index (χ0v) is 10.7. The predicted molar refractivity (Wildman–Crippen MR) is 72.6 cm³/mol. The lowest BCUT2D eigenvalue weighted by atomic mass is 10.0. The average Bonchev–Trinajstić information content (AvgIpc) is 2.46. The Labute approximate surface area is 112 Å². The van der Waals surface area contributed by atoms with E-state index in [2.05, 4.69) is 0 Å². The van der Waals surface area contributed by atoms with Crippen LogP contribution in [0.25, 0.3) is 0 Å². The lowest BCUT2D eigenvalue weighted by Crippen LogP contribution is -2.09. The Morgan fingerprint density at radius 2 is 1.74 bits per heavy atom. The van der Waals surface area contributed by atoms with E-state index in [1.54, 1.807) is 31.2 Å². The van der Waals surface area contributed by atoms with Gasteiger partial charge < -0.3 is 9.84 Å². The summed E-state index contributed by atoms with van der Waals surface area (Å²) in [5.74, 6) is -0.416. The largest absolute Gasteiger partial charge is 0.457 e. The molecule has 0 amide bonds. The van der Waals surface area contributed by atoms with E-state index < -0.39 is 12.1 Å². The van der Waals surface area contributed by atoms with E-state index in [9.17, 15) is 9.90 Å². The molecular formula is C16H16O3. The van der Waals surface area contributed by atoms with Gasteiger partial charge in [0, 0.05) is 0 Å². The summed E-state index contributed by atoms with van der Waals surface area (Å²) in [6, 6.07) is 16.4. The van der Waals surface area contributed by atoms with Crippen LogP contribution in [0.3, 0.4) is 0 Å². The molecule has 0 aliphatic carbocycles. The molecule has 1 unspecified atom stereocenters. The topological polar surface area (TPSA) is 46.5 Å². The van der Waals surface area contributed by atoms with Gasteiger partial charge in [-0.05, 0) is 24.1 Å². The third-order valence-electron chi connectivity index (χ3n) is 2.84. The van der Waals surface area contributed by atoms with E-state index in [0.717, 1.165) is 5.56 Å². The molecular weight excluding hydrogens is 240 g/mol. The zero-order chi connectivity index (χ0) is 13.7. The van der Waals surface area contributed by atoms with Crippen LogP contribution >= 0.6 is 0 Å². The lowest BCUT2D eigenvalue weighted by molar-refractivity contribution is 0.0466. The molecule has 1 atom stereocenters. The van der Waals surface area contributed by atoms with E-state index in [1.165, 1.54) is 0 Å². The fourth-order valence-corrected chi connectivity index (χ4v) is 1.85. The Kier molecular flexibility index (Phi) is 4.31. The number of esters is 1. The minimum atomic E-state index is -0.694. The maximum absolute atomic E-state index is 12.0. The molecule has 0 radical (unpaired) electrons. The van der Waals surface area contributed by atoms with Gasteiger partial charge in [-0.15, -0.1) is 0 Å². The van der Waals surface area contributed by atoms with Crippen molar-refractivity contribution < 1.29 is 14.6 Å². The summed E-state index contributed by atoms with van der Waals surface area (Å²) >= 11 is 0. The van der Waals surface area contributed by atoms with Gasteiger partial charge in [-0.2, -0.15) is 0 Å². The van der Waals surface area contributed by atoms with Crippen LogP contribution in [-0.4, -0.2) is 11.1 Å². The van der Waals surface area contributed by atoms with Gasteiger partial charge in [0.2, 0.25) is 0 Å². The number of hydrogen-bond donors (Lipinski definition) is 1. The number of carbonyl (C=O) groups excluding carboxylic acids is 1. The molecule has 0 saturated heterocycles. The van der Waals surface area contributed by atoms with E-state index in [-0.39, 0.29) is 6.61 Å². The second-order valence-corrected chi connectivity index (χ2v) is 4.32. The van der Waals surface area contributed by atoms with Crippen LogP contribution in [-0.2, 0) is 11.3 Å². The summed E-state index contributed by atoms with van der Waals surface area (Å²) in [5.41, 5.74) is 1.93. The van der Waals surface area contributed by atoms with Gasteiger partial charge in [0.1, 0.15) is 6.61 Å². The zero-order valence-electron chi connectivity index (χ0n) is 10.7. The summed E-state index contributed by atoms with van der Waals surface area (Å²) < 4.78 is 5.25. The number of aliphatic hydroxyl groups excluding tert-OH is 1. The molecule has 3 nitrogen and oxygen atoms in total. The minimum Gasteiger partial charge on any atom is -0.457 e. The molecule has 0 bridgehead atoms. The van der Waals surface area contributed by atoms with E-state index in [1.807, 2.05) is 30.3 Å². The number of rotatable bonds is 4. The molecule has 0 spiro atoms. The fourth-order valence-electron chi connectivity index (χ4n) is 1.85. The quantitative estimate of drug-likeness (QED) is 0.855. The van der Waals surface area contributed by atoms with Crippen LogP contribution in [0.15, 0.2) is 54.6 Å². The van der Waals surface area contributed by atoms with Crippen molar-refractivity contribution in [2.24, 2.45) is 0 Å². The Bertz CT molecular complexity index is 547. The van der Waals surface area contributed by atoms with Gasteiger partial charge in [-0.25, -0.2) is 4.79 Å². The molecule has 2 rings (SSSR count). The Morgan fingerprint density at radius 1 is 1.11 bits per heavy atom. The molecule has 0 fully saturated rings. The van der Waals surface area contributed by atoms with Crippen molar-refractivity contribution in [3.05, 3.63) is 71.3 Å². The third kappa shape index (κ3) is 3.42. The Balaban J connectivity index is 2.08. The Hall–Kier alpha value is -2.13. The molecule has 2 aromatic carbocycles. The third-order valence-corrected chi connectivity index (χ3v) is 2.84. The first kappa shape index (κ1) is 13.3. The van der Waals surface area contributed by atoms with Crippen molar-refractivity contribution in [1.82, 2.24) is 0 Å². The first-order valence-electron chi connectivity index (χ1n) is 6.16. The number of benzene rings is 2. The lowest BCUT2D eigenvalue weighted by Gasteiger charge is -2.11. The second-order valence-electron chi connectivity index (χ2n) is 4.32. The summed E-state index contributed by atoms with van der Waals surface area (Å²) in [6.07, 6.45) is -0.694. The molecule has 19 heavy (non-hydrogen) atoms. The van der Waals surface area contributed by atoms with Gasteiger partial charge in [-0.3, -0.25) is 0 Å². The molecule has 0 aromatic heterocycles. The molecule has 1 N–H and O–H groups in total. The van der Waals surface area contributed by atoms with Crippen molar-refractivity contribution >= 4 is 5.97 Å². The standard InChI is InChI=1S/C16H16O3/c1-12(17)14-9-5-6-10-15(14)16(18)19-11-13-7-3-2-4-8-13/h2-10,12,17H,11H2,1H3. The molecule has 3 heteroatoms. The SMILES string of the molecule is CC(O)c1ccccc1C(=O)OCc1ccccc1. The fraction of sp³-hybridized carbons (Fsp3) is 0.188. The first-order valence-corrected chi connectivity index (χ1v) is 6.16. The first-order chi connectivity index (χ1) is 9.18. The van der Waals surface area contributed by atoms with Crippen molar-refractivity contribution in [1.29, 1.82) is 0 Å². The Morgan fingerprint density at radius 3 is 2.42 bits per heavy atom. The average molecular weight is 256 g/mol. The molecule has 98 valence electrons. The van der Waals surface area contributed by atoms with Crippen molar-refractivity contribution in [3.63, 3.8) is 0 Å². The normalized spacial score (nSPS) is 11.9. The second kappa shape index (κ2) is 6.16. The molecule has 0 aliphatic heterocycles. The van der Waals surface area contributed by atoms with Crippen molar-refractivity contribution in [2.75, 3.05) is 0 Å². The van der Waals surface area contributed by atoms with Crippen LogP contribution in [0.4, 0.5) is 0 Å². The number of ether oxygens (including phenoxy) is 1. The van der Waals surface area contributed by atoms with Crippen LogP contribution < -0.4 is 0 Å². The highest BCUT2D eigenvalue weighted by atomic mass is 16.5. The highest BCUT2D eigenvalue weighted by Gasteiger charge is 2.15. The van der Waals surface area contributed by atoms with Gasteiger partial charge in [0.15, 0.2) is 0 Å². The predicted octanol–water partition coefficient (Wildman–Crippen LogP) is 3.10. The molecule has 0 saturated carbocycles. The maximum atomic E-state index is 12.0. The van der Waals surface area contributed by atoms with Crippen molar-refractivity contribution in [3.8, 4) is 0 Å². The molecule has 0 aliphatic rings. The minimum absolute atomic E-state index is 0.230. The van der Waals surface area contributed by atoms with E-state index in [0.29, 0.717) is 11.1 Å². The van der Waals surface area contributed by atoms with Crippen LogP contribution in [0.2, 0.25) is 0 Å². The maximum Gasteiger partial charge on any atom is 0.338 e. The van der Waals surface area contributed by atoms with Crippen LogP contribution in [0, 0.1) is 0 Å². The highest BCUT2D eigenvalue weighted by Crippen LogP contribution is 2.18. The van der Waals surface area contributed by atoms with Gasteiger partial charge in [0.25, 0.3) is 0 Å². The van der Waals surface area contributed by atoms with Crippen LogP contribution in [0.5, 0.6) is 0 Å². The van der Waals surface area contributed by atoms with Gasteiger partial charge in [-0.1, -0.05) is 48.5 Å². The van der Waals surface area contributed by atoms with Gasteiger partial charge in [0.05, 0.1) is 11.7 Å². The smallest absolute Gasteiger partial charge is 0.338 e. The number of aliphatic hydroxyl groups is 1. The van der Waals surface area contributed by atoms with Crippen LogP contribution in [0.1, 0.15) is 34.5 Å². The summed E-state index contributed by atoms with van der Waals surface area (Å²) in [5, 5.41) is 9.63. The number of hydrogen-bond acceptors (Lipinski definition) is 3. The van der Waals surface area contributed by atoms with Gasteiger partial charge >= 0.3 is 5.97 Å². The van der Waals surface area contributed by atoms with E-state index >= 15 is 0 Å². The summed E-state index contributed by atoms with van der Waals surface area (Å²) in [6.45, 7) is 1.86. The monoisotopic (exact) mass is 256 g/mol. The summed E-state index contributed by atoms with van der Waals surface area (Å²) in [4.78, 5) is 12.0. The van der Waals surface area contributed by atoms with E-state index in [4.69, 9.17) is 4.74 Å². The molecule has 0 heterocycles.